The van der Waals surface area contributed by atoms with Gasteiger partial charge in [-0.2, -0.15) is 0 Å². The average Bonchev–Trinajstić information content (AvgIpc) is 3.15. The summed E-state index contributed by atoms with van der Waals surface area (Å²) in [5.41, 5.74) is 3.71. The van der Waals surface area contributed by atoms with Crippen molar-refractivity contribution in [2.24, 2.45) is 5.41 Å². The van der Waals surface area contributed by atoms with Crippen LogP contribution >= 0.6 is 0 Å². The molecule has 1 saturated carbocycles. The van der Waals surface area contributed by atoms with Crippen molar-refractivity contribution in [1.82, 2.24) is 10.4 Å². The molecule has 20 heavy (non-hydrogen) atoms. The molecule has 1 heterocycles. The summed E-state index contributed by atoms with van der Waals surface area (Å²) in [6.07, 6.45) is 3.26. The molecule has 0 unspecified atom stereocenters. The minimum Gasteiger partial charge on any atom is -0.298 e. The van der Waals surface area contributed by atoms with Crippen molar-refractivity contribution in [2.75, 3.05) is 13.1 Å². The number of amides is 1. The molecule has 4 nitrogen and oxygen atoms in total. The number of carbonyl (C=O) groups excluding carboxylic acids is 1. The Kier molecular flexibility index (Phi) is 3.26. The molecule has 108 valence electrons. The molecule has 1 amide bonds. The van der Waals surface area contributed by atoms with Crippen LogP contribution in [0.15, 0.2) is 12.1 Å². The molecule has 1 aliphatic carbocycles. The summed E-state index contributed by atoms with van der Waals surface area (Å²) in [5, 5.41) is 8.63. The first-order valence-corrected chi connectivity index (χ1v) is 6.99. The van der Waals surface area contributed by atoms with Crippen LogP contribution in [0, 0.1) is 11.2 Å². The van der Waals surface area contributed by atoms with Crippen LogP contribution in [0.5, 0.6) is 0 Å². The average molecular weight is 278 g/mol. The molecule has 0 spiro atoms. The number of benzene rings is 1. The Morgan fingerprint density at radius 1 is 1.50 bits per heavy atom. The van der Waals surface area contributed by atoms with Gasteiger partial charge in [0.1, 0.15) is 5.82 Å². The highest BCUT2D eigenvalue weighted by atomic mass is 19.1. The Labute approximate surface area is 117 Å². The van der Waals surface area contributed by atoms with Gasteiger partial charge in [0.2, 0.25) is 0 Å². The predicted molar refractivity (Wildman–Crippen MR) is 72.0 cm³/mol. The summed E-state index contributed by atoms with van der Waals surface area (Å²) < 4.78 is 14.2. The number of nitrogens with zero attached hydrogens (tertiary/aromatic N) is 1. The van der Waals surface area contributed by atoms with Gasteiger partial charge in [-0.15, -0.1) is 0 Å². The molecular weight excluding hydrogens is 259 g/mol. The van der Waals surface area contributed by atoms with E-state index in [4.69, 9.17) is 5.21 Å². The molecule has 2 N–H and O–H groups in total. The van der Waals surface area contributed by atoms with E-state index in [1.54, 1.807) is 11.5 Å². The summed E-state index contributed by atoms with van der Waals surface area (Å²) in [4.78, 5) is 13.7. The van der Waals surface area contributed by atoms with Gasteiger partial charge in [-0.25, -0.2) is 9.87 Å². The maximum absolute atomic E-state index is 14.2. The SMILES string of the molecule is CC1(CN2CCc3cc(C(=O)NO)cc(F)c3C2)CC1. The Morgan fingerprint density at radius 2 is 2.25 bits per heavy atom. The van der Waals surface area contributed by atoms with E-state index in [1.807, 2.05) is 0 Å². The number of carbonyl (C=O) groups is 1. The van der Waals surface area contributed by atoms with Gasteiger partial charge in [-0.05, 0) is 42.4 Å². The van der Waals surface area contributed by atoms with Gasteiger partial charge < -0.3 is 0 Å². The smallest absolute Gasteiger partial charge is 0.274 e. The lowest BCUT2D eigenvalue weighted by atomic mass is 9.95. The van der Waals surface area contributed by atoms with Crippen molar-refractivity contribution in [3.63, 3.8) is 0 Å². The Morgan fingerprint density at radius 3 is 2.90 bits per heavy atom. The van der Waals surface area contributed by atoms with Crippen molar-refractivity contribution < 1.29 is 14.4 Å². The van der Waals surface area contributed by atoms with E-state index < -0.39 is 5.91 Å². The van der Waals surface area contributed by atoms with E-state index in [-0.39, 0.29) is 11.4 Å². The van der Waals surface area contributed by atoms with Gasteiger partial charge in [-0.1, -0.05) is 6.92 Å². The van der Waals surface area contributed by atoms with Crippen LogP contribution in [0.3, 0.4) is 0 Å². The molecule has 3 rings (SSSR count). The molecule has 0 aromatic heterocycles. The molecule has 2 aliphatic rings. The third-order valence-electron chi connectivity index (χ3n) is 4.44. The highest BCUT2D eigenvalue weighted by molar-refractivity contribution is 5.93. The Balaban J connectivity index is 1.81. The van der Waals surface area contributed by atoms with Crippen molar-refractivity contribution in [2.45, 2.75) is 32.7 Å². The number of rotatable bonds is 3. The van der Waals surface area contributed by atoms with E-state index >= 15 is 0 Å². The van der Waals surface area contributed by atoms with Crippen molar-refractivity contribution in [3.8, 4) is 0 Å². The zero-order valence-corrected chi connectivity index (χ0v) is 11.6. The van der Waals surface area contributed by atoms with E-state index in [9.17, 15) is 9.18 Å². The lowest BCUT2D eigenvalue weighted by Gasteiger charge is -2.31. The van der Waals surface area contributed by atoms with Gasteiger partial charge in [0.15, 0.2) is 0 Å². The van der Waals surface area contributed by atoms with E-state index in [2.05, 4.69) is 11.8 Å². The van der Waals surface area contributed by atoms with Crippen LogP contribution in [0.25, 0.3) is 0 Å². The first-order chi connectivity index (χ1) is 9.50. The Bertz CT molecular complexity index is 555. The quantitative estimate of drug-likeness (QED) is 0.657. The van der Waals surface area contributed by atoms with Gasteiger partial charge in [-0.3, -0.25) is 14.9 Å². The molecule has 5 heteroatoms. The van der Waals surface area contributed by atoms with Crippen molar-refractivity contribution in [1.29, 1.82) is 0 Å². The molecule has 0 bridgehead atoms. The first-order valence-electron chi connectivity index (χ1n) is 6.99. The highest BCUT2D eigenvalue weighted by Gasteiger charge is 2.39. The second-order valence-corrected chi connectivity index (χ2v) is 6.31. The molecule has 1 fully saturated rings. The predicted octanol–water partition coefficient (Wildman–Crippen LogP) is 2.10. The van der Waals surface area contributed by atoms with Crippen molar-refractivity contribution >= 4 is 5.91 Å². The molecule has 1 aromatic carbocycles. The highest BCUT2D eigenvalue weighted by Crippen LogP contribution is 2.46. The summed E-state index contributed by atoms with van der Waals surface area (Å²) in [6, 6.07) is 2.88. The molecule has 0 atom stereocenters. The van der Waals surface area contributed by atoms with Gasteiger partial charge in [0.25, 0.3) is 5.91 Å². The minimum absolute atomic E-state index is 0.173. The molecule has 0 saturated heterocycles. The van der Waals surface area contributed by atoms with E-state index in [0.717, 1.165) is 25.1 Å². The van der Waals surface area contributed by atoms with Crippen LogP contribution in [0.4, 0.5) is 4.39 Å². The molecule has 1 aromatic rings. The zero-order chi connectivity index (χ0) is 14.3. The number of hydrogen-bond acceptors (Lipinski definition) is 3. The van der Waals surface area contributed by atoms with Crippen LogP contribution in [0.2, 0.25) is 0 Å². The third-order valence-corrected chi connectivity index (χ3v) is 4.44. The normalized spacial score (nSPS) is 20.4. The third kappa shape index (κ3) is 2.55. The number of halogens is 1. The number of hydroxylamine groups is 1. The maximum Gasteiger partial charge on any atom is 0.274 e. The van der Waals surface area contributed by atoms with Crippen LogP contribution < -0.4 is 5.48 Å². The summed E-state index contributed by atoms with van der Waals surface area (Å²) in [7, 11) is 0. The molecule has 1 aliphatic heterocycles. The lowest BCUT2D eigenvalue weighted by Crippen LogP contribution is -2.35. The summed E-state index contributed by atoms with van der Waals surface area (Å²) in [6.45, 7) is 4.79. The second kappa shape index (κ2) is 4.82. The number of fused-ring (bicyclic) bond motifs is 1. The standard InChI is InChI=1S/C15H19FN2O2/c1-15(3-4-15)9-18-5-2-10-6-11(14(19)17-20)7-13(16)12(10)8-18/h6-7,20H,2-5,8-9H2,1H3,(H,17,19). The maximum atomic E-state index is 14.2. The fourth-order valence-corrected chi connectivity index (χ4v) is 2.92. The molecule has 0 radical (unpaired) electrons. The minimum atomic E-state index is -0.667. The lowest BCUT2D eigenvalue weighted by molar-refractivity contribution is 0.0705. The van der Waals surface area contributed by atoms with E-state index in [1.165, 1.54) is 18.9 Å². The molecular formula is C15H19FN2O2. The van der Waals surface area contributed by atoms with Crippen LogP contribution in [-0.4, -0.2) is 29.1 Å². The number of nitrogens with one attached hydrogen (secondary N) is 1. The van der Waals surface area contributed by atoms with Crippen LogP contribution in [-0.2, 0) is 13.0 Å². The van der Waals surface area contributed by atoms with E-state index in [0.29, 0.717) is 17.5 Å². The van der Waals surface area contributed by atoms with Gasteiger partial charge in [0.05, 0.1) is 0 Å². The van der Waals surface area contributed by atoms with Gasteiger partial charge in [0, 0.05) is 30.8 Å². The van der Waals surface area contributed by atoms with Crippen LogP contribution in [0.1, 0.15) is 41.3 Å². The van der Waals surface area contributed by atoms with Crippen molar-refractivity contribution in [3.05, 3.63) is 34.6 Å². The summed E-state index contributed by atoms with van der Waals surface area (Å²) in [5.74, 6) is -1.02. The topological polar surface area (TPSA) is 52.6 Å². The largest absolute Gasteiger partial charge is 0.298 e. The summed E-state index contributed by atoms with van der Waals surface area (Å²) >= 11 is 0. The van der Waals surface area contributed by atoms with Gasteiger partial charge >= 0.3 is 0 Å². The first kappa shape index (κ1) is 13.5. The zero-order valence-electron chi connectivity index (χ0n) is 11.6. The fraction of sp³-hybridized carbons (Fsp3) is 0.533. The second-order valence-electron chi connectivity index (χ2n) is 6.31. The fourth-order valence-electron chi connectivity index (χ4n) is 2.92. The Hall–Kier alpha value is -1.46. The monoisotopic (exact) mass is 278 g/mol. The number of hydrogen-bond donors (Lipinski definition) is 2.